The maximum atomic E-state index is 14.8. The zero-order chi connectivity index (χ0) is 43.8. The van der Waals surface area contributed by atoms with E-state index in [9.17, 15) is 19.2 Å². The number of aryl methyl sites for hydroxylation is 1. The molecule has 1 unspecified atom stereocenters. The van der Waals surface area contributed by atoms with E-state index in [0.717, 1.165) is 57.5 Å². The van der Waals surface area contributed by atoms with Crippen LogP contribution in [-0.2, 0) is 43.2 Å². The predicted molar refractivity (Wildman–Crippen MR) is 236 cm³/mol. The number of allylic oxidation sites excluding steroid dienone is 1. The first-order valence-electron chi connectivity index (χ1n) is 21.2. The van der Waals surface area contributed by atoms with Crippen LogP contribution < -0.4 is 10.7 Å². The third kappa shape index (κ3) is 8.90. The lowest BCUT2D eigenvalue weighted by atomic mass is 9.84. The SMILES string of the molecule is CCn1c(-c2cccnc2[C@H](C)OC)c2c3cc(ccc31)-c1csc(n1)CC([Si])(NC(=O)C(=C(C)C)N(C)C(=O)N1CCCC1)C(=O)N1CCC[C@H](N1)C(=O)OCC(C)(C)C2. The van der Waals surface area contributed by atoms with Crippen LogP contribution in [0.3, 0.4) is 0 Å². The number of amides is 4. The molecule has 6 bridgehead atoms. The summed E-state index contributed by atoms with van der Waals surface area (Å²) >= 11 is 1.39. The molecule has 0 saturated carbocycles. The number of rotatable bonds is 7. The highest BCUT2D eigenvalue weighted by molar-refractivity contribution is 7.10. The quantitative estimate of drug-likeness (QED) is 0.127. The summed E-state index contributed by atoms with van der Waals surface area (Å²) in [6, 6.07) is 9.33. The van der Waals surface area contributed by atoms with Crippen molar-refractivity contribution in [2.24, 2.45) is 5.41 Å². The second kappa shape index (κ2) is 17.8. The van der Waals surface area contributed by atoms with Crippen molar-refractivity contribution in [2.75, 3.05) is 40.4 Å². The number of nitrogens with one attached hydrogen (secondary N) is 2. The number of carbonyl (C=O) groups excluding carboxylic acids is 4. The Bertz CT molecular complexity index is 2360. The van der Waals surface area contributed by atoms with E-state index in [1.165, 1.54) is 21.2 Å². The number of hydrogen-bond acceptors (Lipinski definition) is 10. The summed E-state index contributed by atoms with van der Waals surface area (Å²) in [5, 5.41) is 6.25. The Balaban J connectivity index is 1.33. The number of ether oxygens (including phenoxy) is 2. The van der Waals surface area contributed by atoms with Crippen LogP contribution >= 0.6 is 11.3 Å². The number of urea groups is 1. The molecular formula is C45H57N8O6SSi. The van der Waals surface area contributed by atoms with Crippen LogP contribution in [0.1, 0.15) is 89.6 Å². The first-order chi connectivity index (χ1) is 29.1. The number of aromatic nitrogens is 3. The number of benzene rings is 1. The molecule has 61 heavy (non-hydrogen) atoms. The summed E-state index contributed by atoms with van der Waals surface area (Å²) in [7, 11) is 7.05. The van der Waals surface area contributed by atoms with Crippen molar-refractivity contribution in [1.82, 2.24) is 40.1 Å². The van der Waals surface area contributed by atoms with Gasteiger partial charge in [-0.1, -0.05) is 19.9 Å². The van der Waals surface area contributed by atoms with E-state index in [1.54, 1.807) is 39.1 Å². The highest BCUT2D eigenvalue weighted by atomic mass is 32.1. The summed E-state index contributed by atoms with van der Waals surface area (Å²) in [5.41, 5.74) is 10.0. The summed E-state index contributed by atoms with van der Waals surface area (Å²) in [6.45, 7) is 14.2. The standard InChI is InChI=1S/C45H57N8O6SSi/c1-9-52-35-17-16-29-22-31(35)32(39(52)30-14-12-18-46-37(30)28(4)58-8)23-44(5,6)26-59-41(55)33-15-13-21-53(49-33)42(56)45(61,24-36-47-34(29)25-60-36)48-40(54)38(27(2)3)50(7)43(57)51-19-10-11-20-51/h12,14,16-18,22,25,28,33,49H,9-11,13,15,19-21,23-24,26H2,1-8H3,(H,48,54)/t28-,33-,45?/m0/s1. The minimum atomic E-state index is -1.72. The number of nitrogens with zero attached hydrogens (tertiary/aromatic N) is 6. The van der Waals surface area contributed by atoms with Gasteiger partial charge >= 0.3 is 12.0 Å². The van der Waals surface area contributed by atoms with Crippen LogP contribution in [0, 0.1) is 5.41 Å². The highest BCUT2D eigenvalue weighted by Crippen LogP contribution is 2.42. The summed E-state index contributed by atoms with van der Waals surface area (Å²) in [6.07, 6.45) is 4.90. The molecule has 3 aliphatic rings. The Morgan fingerprint density at radius 1 is 1.13 bits per heavy atom. The van der Waals surface area contributed by atoms with Crippen LogP contribution in [0.25, 0.3) is 33.4 Å². The molecule has 6 heterocycles. The van der Waals surface area contributed by atoms with Gasteiger partial charge < -0.3 is 24.3 Å². The highest BCUT2D eigenvalue weighted by Gasteiger charge is 2.43. The van der Waals surface area contributed by atoms with Gasteiger partial charge in [-0.25, -0.2) is 15.2 Å². The molecule has 16 heteroatoms. The van der Waals surface area contributed by atoms with Gasteiger partial charge in [-0.2, -0.15) is 0 Å². The molecule has 2 N–H and O–H groups in total. The first kappa shape index (κ1) is 44.2. The molecule has 4 amide bonds. The van der Waals surface area contributed by atoms with E-state index in [2.05, 4.69) is 70.6 Å². The van der Waals surface area contributed by atoms with Crippen LogP contribution in [-0.4, -0.2) is 115 Å². The third-order valence-electron chi connectivity index (χ3n) is 11.9. The van der Waals surface area contributed by atoms with Crippen molar-refractivity contribution in [3.63, 3.8) is 0 Å². The van der Waals surface area contributed by atoms with Crippen molar-refractivity contribution in [2.45, 2.75) is 104 Å². The largest absolute Gasteiger partial charge is 0.464 e. The molecule has 1 aromatic carbocycles. The van der Waals surface area contributed by atoms with Crippen molar-refractivity contribution in [3.05, 3.63) is 69.4 Å². The lowest BCUT2D eigenvalue weighted by Crippen LogP contribution is -2.67. The molecule has 3 aliphatic heterocycles. The molecular weight excluding hydrogens is 809 g/mol. The number of likely N-dealkylation sites (N-methyl/N-ethyl adjacent to an activating group) is 1. The van der Waals surface area contributed by atoms with E-state index in [4.69, 9.17) is 19.4 Å². The average Bonchev–Trinajstić information content (AvgIpc) is 4.01. The molecule has 3 atom stereocenters. The van der Waals surface area contributed by atoms with Crippen molar-refractivity contribution >= 4 is 56.3 Å². The fourth-order valence-corrected chi connectivity index (χ4v) is 10.2. The van der Waals surface area contributed by atoms with Crippen LogP contribution in [0.2, 0.25) is 0 Å². The Kier molecular flexibility index (Phi) is 12.9. The monoisotopic (exact) mass is 865 g/mol. The molecule has 3 radical (unpaired) electrons. The van der Waals surface area contributed by atoms with Gasteiger partial charge in [0, 0.05) is 85.8 Å². The number of thiazole rings is 1. The zero-order valence-corrected chi connectivity index (χ0v) is 38.3. The number of likely N-dealkylation sites (tertiary alicyclic amines) is 1. The second-order valence-corrected chi connectivity index (χ2v) is 19.2. The number of carbonyl (C=O) groups is 4. The van der Waals surface area contributed by atoms with Gasteiger partial charge in [-0.05, 0) is 95.2 Å². The lowest BCUT2D eigenvalue weighted by Gasteiger charge is -2.39. The first-order valence-corrected chi connectivity index (χ1v) is 22.5. The number of esters is 1. The number of hydrazine groups is 1. The summed E-state index contributed by atoms with van der Waals surface area (Å²) in [4.78, 5) is 69.5. The normalized spacial score (nSPS) is 21.2. The maximum absolute atomic E-state index is 14.8. The van der Waals surface area contributed by atoms with Crippen LogP contribution in [0.5, 0.6) is 0 Å². The van der Waals surface area contributed by atoms with E-state index >= 15 is 0 Å². The van der Waals surface area contributed by atoms with Gasteiger partial charge in [0.2, 0.25) is 0 Å². The van der Waals surface area contributed by atoms with Gasteiger partial charge in [0.1, 0.15) is 16.9 Å². The van der Waals surface area contributed by atoms with E-state index < -0.39 is 34.4 Å². The topological polar surface area (TPSA) is 151 Å². The molecule has 0 spiro atoms. The number of pyridine rings is 1. The van der Waals surface area contributed by atoms with E-state index in [0.29, 0.717) is 56.0 Å². The predicted octanol–water partition coefficient (Wildman–Crippen LogP) is 6.14. The number of hydrogen-bond donors (Lipinski definition) is 2. The minimum Gasteiger partial charge on any atom is -0.464 e. The fourth-order valence-electron chi connectivity index (χ4n) is 8.79. The molecule has 14 nitrogen and oxygen atoms in total. The van der Waals surface area contributed by atoms with Crippen molar-refractivity contribution in [3.8, 4) is 22.5 Å². The van der Waals surface area contributed by atoms with Gasteiger partial charge in [-0.3, -0.25) is 29.3 Å². The van der Waals surface area contributed by atoms with Gasteiger partial charge in [0.05, 0.1) is 45.0 Å². The third-order valence-corrected chi connectivity index (χ3v) is 13.3. The molecule has 2 fully saturated rings. The number of methoxy groups -OCH3 is 1. The summed E-state index contributed by atoms with van der Waals surface area (Å²) < 4.78 is 14.2. The zero-order valence-electron chi connectivity index (χ0n) is 36.5. The lowest BCUT2D eigenvalue weighted by molar-refractivity contribution is -0.155. The second-order valence-electron chi connectivity index (χ2n) is 17.4. The Hall–Kier alpha value is -4.90. The van der Waals surface area contributed by atoms with Crippen molar-refractivity contribution < 1.29 is 28.7 Å². The molecule has 7 rings (SSSR count). The van der Waals surface area contributed by atoms with Gasteiger partial charge in [-0.15, -0.1) is 11.3 Å². The van der Waals surface area contributed by atoms with E-state index in [1.807, 2.05) is 18.4 Å². The molecule has 2 saturated heterocycles. The maximum Gasteiger partial charge on any atom is 0.324 e. The average molecular weight is 866 g/mol. The van der Waals surface area contributed by atoms with Gasteiger partial charge in [0.15, 0.2) is 0 Å². The molecule has 4 aromatic rings. The molecule has 323 valence electrons. The Morgan fingerprint density at radius 3 is 2.59 bits per heavy atom. The van der Waals surface area contributed by atoms with Crippen molar-refractivity contribution in [1.29, 1.82) is 0 Å². The minimum absolute atomic E-state index is 0.0221. The number of fused-ring (bicyclic) bond motifs is 6. The summed E-state index contributed by atoms with van der Waals surface area (Å²) in [5.74, 6) is -1.57. The molecule has 0 aliphatic carbocycles. The number of cyclic esters (lactones) is 1. The smallest absolute Gasteiger partial charge is 0.324 e. The van der Waals surface area contributed by atoms with Crippen LogP contribution in [0.4, 0.5) is 4.79 Å². The fraction of sp³-hybridized carbons (Fsp3) is 0.511. The van der Waals surface area contributed by atoms with Crippen LogP contribution in [0.15, 0.2) is 53.2 Å². The molecule has 3 aromatic heterocycles. The van der Waals surface area contributed by atoms with E-state index in [-0.39, 0.29) is 30.9 Å². The Labute approximate surface area is 365 Å². The van der Waals surface area contributed by atoms with Gasteiger partial charge in [0.25, 0.3) is 11.8 Å². The Morgan fingerprint density at radius 2 is 1.89 bits per heavy atom.